The zero-order valence-corrected chi connectivity index (χ0v) is 21.5. The Balaban J connectivity index is 1.39. The van der Waals surface area contributed by atoms with Crippen LogP contribution < -0.4 is 15.5 Å². The highest BCUT2D eigenvalue weighted by Gasteiger charge is 2.23. The maximum Gasteiger partial charge on any atom is 0.253 e. The van der Waals surface area contributed by atoms with Gasteiger partial charge in [0.1, 0.15) is 5.69 Å². The lowest BCUT2D eigenvalue weighted by atomic mass is 10.1. The van der Waals surface area contributed by atoms with Crippen LogP contribution in [0.1, 0.15) is 24.2 Å². The predicted octanol–water partition coefficient (Wildman–Crippen LogP) is 2.54. The second kappa shape index (κ2) is 10.4. The number of carbonyl (C=O) groups is 2. The van der Waals surface area contributed by atoms with Gasteiger partial charge in [0.25, 0.3) is 5.91 Å². The van der Waals surface area contributed by atoms with Gasteiger partial charge in [-0.15, -0.1) is 0 Å². The lowest BCUT2D eigenvalue weighted by Crippen LogP contribution is -2.45. The molecule has 0 saturated carbocycles. The van der Waals surface area contributed by atoms with Crippen molar-refractivity contribution in [2.75, 3.05) is 36.1 Å². The number of carbonyl (C=O) groups excluding carboxylic acids is 2. The second-order valence-electron chi connectivity index (χ2n) is 8.58. The van der Waals surface area contributed by atoms with Crippen LogP contribution in [0.15, 0.2) is 42.7 Å². The third kappa shape index (κ3) is 6.09. The summed E-state index contributed by atoms with van der Waals surface area (Å²) in [5, 5.41) is 4.40. The van der Waals surface area contributed by atoms with Crippen molar-refractivity contribution in [1.82, 2.24) is 14.3 Å². The van der Waals surface area contributed by atoms with Gasteiger partial charge < -0.3 is 20.3 Å². The van der Waals surface area contributed by atoms with Gasteiger partial charge in [-0.05, 0) is 32.0 Å². The van der Waals surface area contributed by atoms with Crippen molar-refractivity contribution < 1.29 is 27.1 Å². The van der Waals surface area contributed by atoms with Crippen molar-refractivity contribution in [3.8, 4) is 11.3 Å². The maximum atomic E-state index is 14.7. The zero-order chi connectivity index (χ0) is 26.0. The molecular weight excluding hydrogens is 509 g/mol. The summed E-state index contributed by atoms with van der Waals surface area (Å²) in [6.07, 6.45) is 3.55. The predicted molar refractivity (Wildman–Crippen MR) is 135 cm³/mol. The van der Waals surface area contributed by atoms with Crippen molar-refractivity contribution in [3.63, 3.8) is 0 Å². The van der Waals surface area contributed by atoms with Crippen LogP contribution >= 0.6 is 11.3 Å². The van der Waals surface area contributed by atoms with E-state index in [1.165, 1.54) is 12.3 Å². The van der Waals surface area contributed by atoms with E-state index in [-0.39, 0.29) is 28.6 Å². The minimum absolute atomic E-state index is 0.0593. The molecule has 2 atom stereocenters. The number of halogens is 1. The third-order valence-corrected chi connectivity index (χ3v) is 7.21. The van der Waals surface area contributed by atoms with E-state index >= 15 is 0 Å². The lowest BCUT2D eigenvalue weighted by Gasteiger charge is -2.37. The summed E-state index contributed by atoms with van der Waals surface area (Å²) in [5.41, 5.74) is 1.72. The fourth-order valence-electron chi connectivity index (χ4n) is 3.92. The molecule has 10 nitrogen and oxygen atoms in total. The molecule has 2 amide bonds. The average molecular weight is 536 g/mol. The Bertz CT molecular complexity index is 1380. The van der Waals surface area contributed by atoms with Crippen LogP contribution in [0.25, 0.3) is 11.3 Å². The van der Waals surface area contributed by atoms with Crippen LogP contribution in [0, 0.1) is 5.13 Å². The molecule has 3 aromatic rings. The van der Waals surface area contributed by atoms with Gasteiger partial charge in [-0.25, -0.2) is 13.4 Å². The first-order chi connectivity index (χ1) is 17.0. The van der Waals surface area contributed by atoms with Gasteiger partial charge in [-0.3, -0.25) is 13.6 Å². The van der Waals surface area contributed by atoms with Gasteiger partial charge in [-0.2, -0.15) is 4.39 Å². The quantitative estimate of drug-likeness (QED) is 0.477. The molecule has 13 heteroatoms. The fourth-order valence-corrected chi connectivity index (χ4v) is 5.23. The first kappa shape index (κ1) is 25.8. The van der Waals surface area contributed by atoms with E-state index in [0.717, 1.165) is 35.2 Å². The minimum atomic E-state index is -3.52. The first-order valence-corrected chi connectivity index (χ1v) is 13.8. The highest BCUT2D eigenvalue weighted by atomic mass is 32.2. The van der Waals surface area contributed by atoms with Crippen molar-refractivity contribution in [2.45, 2.75) is 26.1 Å². The number of hydrogen-bond acceptors (Lipinski definition) is 8. The molecule has 2 unspecified atom stereocenters. The molecule has 1 aliphatic heterocycles. The van der Waals surface area contributed by atoms with E-state index in [0.29, 0.717) is 16.9 Å². The number of nitrogens with one attached hydrogen (secondary N) is 2. The van der Waals surface area contributed by atoms with Crippen LogP contribution in [-0.4, -0.2) is 67.3 Å². The van der Waals surface area contributed by atoms with Crippen molar-refractivity contribution in [1.29, 1.82) is 0 Å². The molecule has 3 heterocycles. The number of anilines is 2. The summed E-state index contributed by atoms with van der Waals surface area (Å²) < 4.78 is 44.4. The summed E-state index contributed by atoms with van der Waals surface area (Å²) in [5.74, 6) is -1.22. The van der Waals surface area contributed by atoms with Crippen LogP contribution in [0.4, 0.5) is 15.2 Å². The molecule has 1 aromatic carbocycles. The average Bonchev–Trinajstić information content (AvgIpc) is 3.44. The van der Waals surface area contributed by atoms with E-state index in [1.54, 1.807) is 6.07 Å². The number of aromatic nitrogens is 2. The Hall–Kier alpha value is -3.29. The molecule has 0 aliphatic carbocycles. The number of thiazole rings is 1. The molecule has 1 aliphatic rings. The highest BCUT2D eigenvalue weighted by Crippen LogP contribution is 2.32. The maximum absolute atomic E-state index is 14.7. The van der Waals surface area contributed by atoms with Crippen molar-refractivity contribution >= 4 is 44.0 Å². The summed E-state index contributed by atoms with van der Waals surface area (Å²) in [6, 6.07) is 8.72. The van der Waals surface area contributed by atoms with Crippen molar-refractivity contribution in [2.24, 2.45) is 0 Å². The van der Waals surface area contributed by atoms with E-state index in [2.05, 4.69) is 20.5 Å². The molecule has 36 heavy (non-hydrogen) atoms. The summed E-state index contributed by atoms with van der Waals surface area (Å²) in [4.78, 5) is 30.9. The van der Waals surface area contributed by atoms with E-state index < -0.39 is 33.5 Å². The van der Waals surface area contributed by atoms with E-state index in [9.17, 15) is 22.4 Å². The molecule has 2 aromatic heterocycles. The molecule has 1 saturated heterocycles. The number of rotatable bonds is 7. The Kier molecular flexibility index (Phi) is 7.43. The number of benzene rings is 1. The van der Waals surface area contributed by atoms with Gasteiger partial charge in [0, 0.05) is 36.7 Å². The Morgan fingerprint density at radius 1 is 1.22 bits per heavy atom. The highest BCUT2D eigenvalue weighted by molar-refractivity contribution is 7.89. The first-order valence-electron chi connectivity index (χ1n) is 11.1. The van der Waals surface area contributed by atoms with Gasteiger partial charge in [-0.1, -0.05) is 23.5 Å². The molecule has 192 valence electrons. The molecular formula is C23H26FN5O5S2. The topological polar surface area (TPSA) is 123 Å². The molecule has 0 radical (unpaired) electrons. The van der Waals surface area contributed by atoms with Gasteiger partial charge in [0.05, 0.1) is 30.6 Å². The zero-order valence-electron chi connectivity index (χ0n) is 19.9. The van der Waals surface area contributed by atoms with Crippen molar-refractivity contribution in [3.05, 3.63) is 53.4 Å². The number of ether oxygens (including phenoxy) is 1. The summed E-state index contributed by atoms with van der Waals surface area (Å²) in [6.45, 7) is 5.06. The number of morpholine rings is 1. The Labute approximate surface area is 212 Å². The molecule has 0 spiro atoms. The standard InChI is InChI=1S/C23H26FN5O5S2/c1-14-11-28(12-15(2)34-14)18-6-4-5-16(9-18)20-21(24)35-23(27-20)26-19(30)10-25-22(31)17-7-8-29(13-17)36(3,32)33/h4-9,13-15H,10-12H2,1-3H3,(H,25,31)(H,26,27,30). The van der Waals surface area contributed by atoms with Crippen LogP contribution in [-0.2, 0) is 19.6 Å². The summed E-state index contributed by atoms with van der Waals surface area (Å²) in [7, 11) is -3.52. The minimum Gasteiger partial charge on any atom is -0.372 e. The lowest BCUT2D eigenvalue weighted by molar-refractivity contribution is -0.115. The van der Waals surface area contributed by atoms with Crippen LogP contribution in [0.3, 0.4) is 0 Å². The number of hydrogen-bond donors (Lipinski definition) is 2. The van der Waals surface area contributed by atoms with E-state index in [1.807, 2.05) is 32.0 Å². The monoisotopic (exact) mass is 535 g/mol. The second-order valence-corrected chi connectivity index (χ2v) is 11.4. The Morgan fingerprint density at radius 2 is 1.94 bits per heavy atom. The number of amides is 2. The molecule has 1 fully saturated rings. The number of nitrogens with zero attached hydrogens (tertiary/aromatic N) is 3. The van der Waals surface area contributed by atoms with Crippen LogP contribution in [0.2, 0.25) is 0 Å². The molecule has 0 bridgehead atoms. The largest absolute Gasteiger partial charge is 0.372 e. The normalized spacial score (nSPS) is 18.2. The van der Waals surface area contributed by atoms with Gasteiger partial charge in [0.2, 0.25) is 21.1 Å². The van der Waals surface area contributed by atoms with E-state index in [4.69, 9.17) is 4.74 Å². The SMILES string of the molecule is CC1CN(c2cccc(-c3nc(NC(=O)CNC(=O)c4ccn(S(C)(=O)=O)c4)sc3F)c2)CC(C)O1. The fraction of sp³-hybridized carbons (Fsp3) is 0.348. The molecule has 2 N–H and O–H groups in total. The van der Waals surface area contributed by atoms with Crippen LogP contribution in [0.5, 0.6) is 0 Å². The molecule has 4 rings (SSSR count). The van der Waals surface area contributed by atoms with Gasteiger partial charge >= 0.3 is 0 Å². The van der Waals surface area contributed by atoms with Gasteiger partial charge in [0.15, 0.2) is 5.13 Å². The Morgan fingerprint density at radius 3 is 2.61 bits per heavy atom. The smallest absolute Gasteiger partial charge is 0.253 e. The summed E-state index contributed by atoms with van der Waals surface area (Å²) >= 11 is 0.690. The third-order valence-electron chi connectivity index (χ3n) is 5.46.